The molecule has 0 radical (unpaired) electrons. The second-order valence-corrected chi connectivity index (χ2v) is 11.3. The molecular formula is C25H31N4O9S+. The summed E-state index contributed by atoms with van der Waals surface area (Å²) in [6, 6.07) is 7.41. The Balaban J connectivity index is 2.80. The van der Waals surface area contributed by atoms with Crippen molar-refractivity contribution in [2.24, 2.45) is 11.7 Å². The van der Waals surface area contributed by atoms with Gasteiger partial charge in [0, 0.05) is 42.7 Å². The Hall–Kier alpha value is -4.01. The number of nitro groups is 2. The Morgan fingerprint density at radius 2 is 1.64 bits per heavy atom. The minimum absolute atomic E-state index is 0.193. The maximum absolute atomic E-state index is 14.2. The van der Waals surface area contributed by atoms with Crippen molar-refractivity contribution in [3.05, 3.63) is 80.4 Å². The molecule has 0 spiro atoms. The van der Waals surface area contributed by atoms with Gasteiger partial charge in [0.25, 0.3) is 11.4 Å². The predicted molar refractivity (Wildman–Crippen MR) is 142 cm³/mol. The molecule has 2 aromatic carbocycles. The molecule has 13 nitrogen and oxygen atoms in total. The van der Waals surface area contributed by atoms with Gasteiger partial charge in [0.05, 0.1) is 9.85 Å². The van der Waals surface area contributed by atoms with Gasteiger partial charge in [-0.25, -0.2) is 9.59 Å². The van der Waals surface area contributed by atoms with Gasteiger partial charge in [0.15, 0.2) is 0 Å². The maximum Gasteiger partial charge on any atom is 0.364 e. The Bertz CT molecular complexity index is 1360. The van der Waals surface area contributed by atoms with Gasteiger partial charge in [-0.1, -0.05) is 26.0 Å². The van der Waals surface area contributed by atoms with Crippen LogP contribution in [0, 0.1) is 26.1 Å². The topological polar surface area (TPSA) is 201 Å². The van der Waals surface area contributed by atoms with Crippen molar-refractivity contribution >= 4 is 39.4 Å². The van der Waals surface area contributed by atoms with E-state index in [4.69, 9.17) is 5.73 Å². The fourth-order valence-corrected chi connectivity index (χ4v) is 6.43. The lowest BCUT2D eigenvalue weighted by atomic mass is 10.0. The van der Waals surface area contributed by atoms with Crippen LogP contribution in [0.2, 0.25) is 0 Å². The molecule has 0 saturated heterocycles. The number of hydrogen-bond donors (Lipinski definition) is 2. The van der Waals surface area contributed by atoms with Crippen LogP contribution in [0.25, 0.3) is 6.08 Å². The summed E-state index contributed by atoms with van der Waals surface area (Å²) < 4.78 is 26.9. The minimum Gasteiger partial charge on any atom is -0.477 e. The van der Waals surface area contributed by atoms with Crippen LogP contribution in [0.4, 0.5) is 11.4 Å². The second-order valence-electron chi connectivity index (χ2n) is 9.26. The lowest BCUT2D eigenvalue weighted by Crippen LogP contribution is -2.65. The molecule has 3 N–H and O–H groups in total. The van der Waals surface area contributed by atoms with Crippen LogP contribution in [0.1, 0.15) is 38.7 Å². The number of carbonyl (C=O) groups excluding carboxylic acids is 1. The van der Waals surface area contributed by atoms with Crippen molar-refractivity contribution in [2.75, 3.05) is 13.1 Å². The van der Waals surface area contributed by atoms with E-state index in [-0.39, 0.29) is 36.3 Å². The van der Waals surface area contributed by atoms with E-state index in [0.29, 0.717) is 6.42 Å². The highest BCUT2D eigenvalue weighted by Crippen LogP contribution is 2.34. The molecule has 0 aliphatic carbocycles. The Morgan fingerprint density at radius 1 is 1.03 bits per heavy atom. The number of carboxylic acid groups (broad SMARTS) is 1. The molecule has 0 fully saturated rings. The zero-order valence-corrected chi connectivity index (χ0v) is 22.3. The first-order chi connectivity index (χ1) is 18.3. The highest BCUT2D eigenvalue weighted by molar-refractivity contribution is 7.86. The molecule has 2 rings (SSSR count). The first kappa shape index (κ1) is 31.2. The lowest BCUT2D eigenvalue weighted by molar-refractivity contribution is -0.749. The van der Waals surface area contributed by atoms with E-state index < -0.39 is 59.0 Å². The summed E-state index contributed by atoms with van der Waals surface area (Å²) in [6.07, 6.45) is 2.52. The number of sulfonamides is 1. The van der Waals surface area contributed by atoms with Gasteiger partial charge in [-0.05, 0) is 43.2 Å². The molecule has 0 heterocycles. The highest BCUT2D eigenvalue weighted by Gasteiger charge is 2.57. The summed E-state index contributed by atoms with van der Waals surface area (Å²) in [6.45, 7) is 3.08. The third-order valence-electron chi connectivity index (χ3n) is 6.00. The van der Waals surface area contributed by atoms with E-state index in [9.17, 15) is 43.3 Å². The number of unbranched alkanes of at least 4 members (excludes halogenated alkanes) is 1. The summed E-state index contributed by atoms with van der Waals surface area (Å²) >= 11 is 0. The van der Waals surface area contributed by atoms with Gasteiger partial charge < -0.3 is 10.8 Å². The number of non-ortho nitro benzene ring substituents is 2. The average molecular weight is 564 g/mol. The molecule has 2 atom stereocenters. The van der Waals surface area contributed by atoms with Crippen LogP contribution in [-0.2, 0) is 19.6 Å². The fourth-order valence-electron chi connectivity index (χ4n) is 4.25. The van der Waals surface area contributed by atoms with Gasteiger partial charge in [-0.15, -0.1) is 3.89 Å². The van der Waals surface area contributed by atoms with E-state index in [1.54, 1.807) is 13.8 Å². The summed E-state index contributed by atoms with van der Waals surface area (Å²) in [5.74, 6) is -3.08. The smallest absolute Gasteiger partial charge is 0.364 e. The summed E-state index contributed by atoms with van der Waals surface area (Å²) in [7, 11) is -4.81. The molecule has 0 saturated carbocycles. The second kappa shape index (κ2) is 13.2. The van der Waals surface area contributed by atoms with Gasteiger partial charge in [0.2, 0.25) is 6.04 Å². The maximum atomic E-state index is 14.2. The third-order valence-corrected chi connectivity index (χ3v) is 8.31. The number of aliphatic carboxylic acids is 1. The number of carbonyl (C=O) groups is 2. The van der Waals surface area contributed by atoms with Crippen molar-refractivity contribution in [3.8, 4) is 0 Å². The molecule has 0 aliphatic rings. The van der Waals surface area contributed by atoms with Crippen molar-refractivity contribution in [3.63, 3.8) is 0 Å². The van der Waals surface area contributed by atoms with Crippen molar-refractivity contribution < 1.29 is 36.8 Å². The van der Waals surface area contributed by atoms with Crippen LogP contribution in [-0.4, -0.2) is 58.3 Å². The molecule has 210 valence electrons. The van der Waals surface area contributed by atoms with Crippen molar-refractivity contribution in [2.45, 2.75) is 44.0 Å². The fraction of sp³-hybridized carbons (Fsp3) is 0.360. The Morgan fingerprint density at radius 3 is 2.15 bits per heavy atom. The largest absolute Gasteiger partial charge is 0.477 e. The highest BCUT2D eigenvalue weighted by atomic mass is 32.2. The van der Waals surface area contributed by atoms with E-state index >= 15 is 0 Å². The summed E-state index contributed by atoms with van der Waals surface area (Å²) in [4.78, 5) is 47.0. The molecule has 39 heavy (non-hydrogen) atoms. The molecule has 1 amide bonds. The molecule has 2 aromatic rings. The van der Waals surface area contributed by atoms with Crippen LogP contribution in [0.3, 0.4) is 0 Å². The number of nitrogens with zero attached hydrogens (tertiary/aromatic N) is 3. The van der Waals surface area contributed by atoms with Crippen molar-refractivity contribution in [1.82, 2.24) is 0 Å². The van der Waals surface area contributed by atoms with Crippen LogP contribution < -0.4 is 5.73 Å². The Kier molecular flexibility index (Phi) is 10.5. The molecule has 1 unspecified atom stereocenters. The molecule has 0 aliphatic heterocycles. The lowest BCUT2D eigenvalue weighted by Gasteiger charge is -2.39. The van der Waals surface area contributed by atoms with Gasteiger partial charge in [0.1, 0.15) is 11.4 Å². The van der Waals surface area contributed by atoms with Gasteiger partial charge in [-0.2, -0.15) is 8.42 Å². The van der Waals surface area contributed by atoms with Crippen LogP contribution in [0.15, 0.2) is 59.5 Å². The number of hydrogen-bond acceptors (Lipinski definition) is 9. The number of amides is 1. The first-order valence-corrected chi connectivity index (χ1v) is 13.5. The average Bonchev–Trinajstić information content (AvgIpc) is 2.88. The normalized spacial score (nSPS) is 14.2. The Labute approximate surface area is 225 Å². The third kappa shape index (κ3) is 7.10. The zero-order chi connectivity index (χ0) is 29.4. The predicted octanol–water partition coefficient (Wildman–Crippen LogP) is 3.49. The van der Waals surface area contributed by atoms with E-state index in [1.807, 2.05) is 0 Å². The first-order valence-electron chi connectivity index (χ1n) is 12.0. The summed E-state index contributed by atoms with van der Waals surface area (Å²) in [5, 5.41) is 32.5. The molecular weight excluding hydrogens is 532 g/mol. The standard InChI is InChI=1S/C25H30N4O9S/c1-18(2)17-29(23(25(31)32)8-3-4-15-26,39(37,38)22-12-10-20(11-13-22)27(33)34)24(30)14-9-19-6-5-7-21(16-19)28(35)36/h5-7,9-14,16,18,23H,3-4,8,15,17,26H2,1-2H3/p+1/t23-,29?/m0/s1. The number of nitrogens with two attached hydrogens (primary N) is 1. The van der Waals surface area contributed by atoms with Crippen LogP contribution in [0.5, 0.6) is 0 Å². The van der Waals surface area contributed by atoms with Gasteiger partial charge >= 0.3 is 21.9 Å². The quantitative estimate of drug-likeness (QED) is 0.113. The molecule has 14 heteroatoms. The van der Waals surface area contributed by atoms with E-state index in [1.165, 1.54) is 30.3 Å². The number of nitro benzene ring substituents is 2. The van der Waals surface area contributed by atoms with E-state index in [0.717, 1.165) is 30.3 Å². The SMILES string of the molecule is CC(C)C[N+](C(=O)C=Cc1cccc([N+](=O)[O-])c1)([C@@H](CCCCN)C(=O)O)S(=O)(=O)c1ccc([N+](=O)[O-])cc1. The van der Waals surface area contributed by atoms with E-state index in [2.05, 4.69) is 0 Å². The van der Waals surface area contributed by atoms with Crippen LogP contribution >= 0.6 is 0 Å². The number of benzene rings is 2. The number of carboxylic acids is 1. The summed E-state index contributed by atoms with van der Waals surface area (Å²) in [5.41, 5.74) is 5.14. The molecule has 0 bridgehead atoms. The monoisotopic (exact) mass is 563 g/mol. The van der Waals surface area contributed by atoms with Gasteiger partial charge in [-0.3, -0.25) is 20.2 Å². The molecule has 0 aromatic heterocycles. The van der Waals surface area contributed by atoms with Crippen molar-refractivity contribution in [1.29, 1.82) is 0 Å². The number of quaternary nitrogens is 1. The zero-order valence-electron chi connectivity index (χ0n) is 21.5. The minimum atomic E-state index is -4.81. The number of rotatable bonds is 14.